The van der Waals surface area contributed by atoms with Crippen LogP contribution in [0.3, 0.4) is 0 Å². The third-order valence-electron chi connectivity index (χ3n) is 5.35. The number of rotatable bonds is 4. The Morgan fingerprint density at radius 2 is 1.87 bits per heavy atom. The van der Waals surface area contributed by atoms with E-state index in [9.17, 15) is 9.59 Å². The number of fused-ring (bicyclic) bond motifs is 1. The molecule has 0 spiro atoms. The van der Waals surface area contributed by atoms with Crippen molar-refractivity contribution in [2.75, 3.05) is 16.8 Å². The van der Waals surface area contributed by atoms with Crippen molar-refractivity contribution in [3.63, 3.8) is 0 Å². The van der Waals surface area contributed by atoms with E-state index in [4.69, 9.17) is 0 Å². The van der Waals surface area contributed by atoms with E-state index in [1.54, 1.807) is 17.3 Å². The number of nitrogens with one attached hydrogen (secondary N) is 2. The quantitative estimate of drug-likeness (QED) is 0.678. The Kier molecular flexibility index (Phi) is 5.48. The first-order valence-corrected chi connectivity index (χ1v) is 10.0. The highest BCUT2D eigenvalue weighted by Gasteiger charge is 2.28. The second-order valence-corrected chi connectivity index (χ2v) is 7.48. The van der Waals surface area contributed by atoms with Crippen molar-refractivity contribution in [2.24, 2.45) is 0 Å². The van der Waals surface area contributed by atoms with Gasteiger partial charge in [-0.1, -0.05) is 29.8 Å². The Labute approximate surface area is 175 Å². The van der Waals surface area contributed by atoms with Crippen molar-refractivity contribution in [3.05, 3.63) is 89.2 Å². The van der Waals surface area contributed by atoms with Gasteiger partial charge in [-0.2, -0.15) is 0 Å². The maximum absolute atomic E-state index is 12.9. The Bertz CT molecular complexity index is 1060. The van der Waals surface area contributed by atoms with Crippen LogP contribution in [-0.2, 0) is 6.42 Å². The number of hydrogen-bond donors (Lipinski definition) is 2. The first kappa shape index (κ1) is 19.6. The van der Waals surface area contributed by atoms with Gasteiger partial charge >= 0.3 is 6.03 Å². The lowest BCUT2D eigenvalue weighted by atomic mass is 10.0. The summed E-state index contributed by atoms with van der Waals surface area (Å²) in [5, 5.41) is 5.97. The molecule has 2 aromatic carbocycles. The van der Waals surface area contributed by atoms with Gasteiger partial charge in [0, 0.05) is 35.9 Å². The third-order valence-corrected chi connectivity index (χ3v) is 5.35. The second kappa shape index (κ2) is 8.37. The summed E-state index contributed by atoms with van der Waals surface area (Å²) < 4.78 is 0. The van der Waals surface area contributed by atoms with Gasteiger partial charge in [0.1, 0.15) is 0 Å². The maximum atomic E-state index is 12.9. The zero-order valence-electron chi connectivity index (χ0n) is 17.1. The largest absolute Gasteiger partial charge is 0.345 e. The number of pyridine rings is 1. The monoisotopic (exact) mass is 400 g/mol. The van der Waals surface area contributed by atoms with Crippen LogP contribution in [0.2, 0.25) is 0 Å². The number of aromatic nitrogens is 1. The Morgan fingerprint density at radius 1 is 1.07 bits per heavy atom. The molecule has 152 valence electrons. The van der Waals surface area contributed by atoms with E-state index in [2.05, 4.69) is 15.6 Å². The van der Waals surface area contributed by atoms with Crippen LogP contribution in [0.5, 0.6) is 0 Å². The summed E-state index contributed by atoms with van der Waals surface area (Å²) >= 11 is 0. The maximum Gasteiger partial charge on any atom is 0.326 e. The Morgan fingerprint density at radius 3 is 2.60 bits per heavy atom. The molecule has 0 aliphatic carbocycles. The number of amides is 3. The number of carbonyl (C=O) groups excluding carboxylic acids is 2. The fourth-order valence-corrected chi connectivity index (χ4v) is 3.68. The van der Waals surface area contributed by atoms with E-state index in [0.717, 1.165) is 28.1 Å². The fourth-order valence-electron chi connectivity index (χ4n) is 3.68. The van der Waals surface area contributed by atoms with Gasteiger partial charge in [0.15, 0.2) is 0 Å². The van der Waals surface area contributed by atoms with Crippen LogP contribution in [0.25, 0.3) is 0 Å². The molecule has 0 saturated carbocycles. The zero-order chi connectivity index (χ0) is 21.1. The van der Waals surface area contributed by atoms with E-state index < -0.39 is 0 Å². The highest BCUT2D eigenvalue weighted by Crippen LogP contribution is 2.31. The van der Waals surface area contributed by atoms with E-state index in [1.807, 2.05) is 68.4 Å². The van der Waals surface area contributed by atoms with Crippen LogP contribution < -0.4 is 15.5 Å². The van der Waals surface area contributed by atoms with Crippen molar-refractivity contribution in [1.29, 1.82) is 0 Å². The molecular weight excluding hydrogens is 376 g/mol. The number of hydrogen-bond acceptors (Lipinski definition) is 3. The molecule has 1 aliphatic rings. The van der Waals surface area contributed by atoms with Gasteiger partial charge in [-0.05, 0) is 61.7 Å². The smallest absolute Gasteiger partial charge is 0.326 e. The molecule has 0 fully saturated rings. The summed E-state index contributed by atoms with van der Waals surface area (Å²) in [6.45, 7) is 4.47. The van der Waals surface area contributed by atoms with Crippen molar-refractivity contribution < 1.29 is 9.59 Å². The molecule has 30 heavy (non-hydrogen) atoms. The molecule has 6 heteroatoms. The standard InChI is InChI=1S/C24H24N4O2/c1-16-8-10-19(11-9-16)27-24(30)28-14-12-20-21(6-3-7-22(20)28)23(29)26-17(2)18-5-4-13-25-15-18/h3-11,13,15,17H,12,14H2,1-2H3,(H,26,29)(H,27,30). The molecule has 4 rings (SSSR count). The molecule has 2 N–H and O–H groups in total. The van der Waals surface area contributed by atoms with Crippen molar-refractivity contribution in [3.8, 4) is 0 Å². The van der Waals surface area contributed by atoms with Gasteiger partial charge in [-0.25, -0.2) is 4.79 Å². The average Bonchev–Trinajstić information content (AvgIpc) is 3.20. The number of carbonyl (C=O) groups is 2. The second-order valence-electron chi connectivity index (χ2n) is 7.48. The molecule has 1 aromatic heterocycles. The molecule has 1 unspecified atom stereocenters. The van der Waals surface area contributed by atoms with Gasteiger partial charge in [-0.15, -0.1) is 0 Å². The molecule has 0 radical (unpaired) electrons. The normalized spacial score (nSPS) is 13.5. The Hall–Kier alpha value is -3.67. The number of benzene rings is 2. The predicted molar refractivity (Wildman–Crippen MR) is 118 cm³/mol. The summed E-state index contributed by atoms with van der Waals surface area (Å²) in [6.07, 6.45) is 4.09. The van der Waals surface area contributed by atoms with Crippen LogP contribution in [0.4, 0.5) is 16.2 Å². The topological polar surface area (TPSA) is 74.3 Å². The predicted octanol–water partition coefficient (Wildman–Crippen LogP) is 4.48. The van der Waals surface area contributed by atoms with Gasteiger partial charge in [0.2, 0.25) is 0 Å². The first-order chi connectivity index (χ1) is 14.5. The first-order valence-electron chi connectivity index (χ1n) is 10.0. The summed E-state index contributed by atoms with van der Waals surface area (Å²) in [6, 6.07) is 16.6. The number of nitrogens with zero attached hydrogens (tertiary/aromatic N) is 2. The number of aryl methyl sites for hydroxylation is 1. The van der Waals surface area contributed by atoms with Gasteiger partial charge < -0.3 is 10.6 Å². The molecule has 0 bridgehead atoms. The third kappa shape index (κ3) is 4.03. The average molecular weight is 400 g/mol. The molecule has 1 aliphatic heterocycles. The summed E-state index contributed by atoms with van der Waals surface area (Å²) in [5.74, 6) is -0.149. The highest BCUT2D eigenvalue weighted by molar-refractivity contribution is 6.05. The van der Waals surface area contributed by atoms with Gasteiger partial charge in [-0.3, -0.25) is 14.7 Å². The molecule has 3 amide bonds. The van der Waals surface area contributed by atoms with Crippen LogP contribution in [0.1, 0.15) is 40.0 Å². The highest BCUT2D eigenvalue weighted by atomic mass is 16.2. The number of anilines is 2. The molecule has 3 aromatic rings. The van der Waals surface area contributed by atoms with Crippen LogP contribution in [0.15, 0.2) is 67.0 Å². The fraction of sp³-hybridized carbons (Fsp3) is 0.208. The summed E-state index contributed by atoms with van der Waals surface area (Å²) in [5.41, 5.74) is 5.11. The number of urea groups is 1. The van der Waals surface area contributed by atoms with E-state index in [0.29, 0.717) is 18.5 Å². The van der Waals surface area contributed by atoms with Crippen LogP contribution in [0, 0.1) is 6.92 Å². The van der Waals surface area contributed by atoms with Crippen molar-refractivity contribution in [2.45, 2.75) is 26.3 Å². The minimum absolute atomic E-state index is 0.149. The van der Waals surface area contributed by atoms with E-state index >= 15 is 0 Å². The molecule has 0 saturated heterocycles. The van der Waals surface area contributed by atoms with E-state index in [1.165, 1.54) is 0 Å². The Balaban J connectivity index is 1.50. The van der Waals surface area contributed by atoms with Gasteiger partial charge in [0.25, 0.3) is 5.91 Å². The van der Waals surface area contributed by atoms with Crippen LogP contribution >= 0.6 is 0 Å². The minimum atomic E-state index is -0.195. The SMILES string of the molecule is Cc1ccc(NC(=O)N2CCc3c(C(=O)NC(C)c4cccnc4)cccc32)cc1. The zero-order valence-corrected chi connectivity index (χ0v) is 17.1. The molecule has 6 nitrogen and oxygen atoms in total. The molecule has 2 heterocycles. The lowest BCUT2D eigenvalue weighted by Gasteiger charge is -2.19. The molecule has 1 atom stereocenters. The lowest BCUT2D eigenvalue weighted by molar-refractivity contribution is 0.0939. The van der Waals surface area contributed by atoms with E-state index in [-0.39, 0.29) is 18.0 Å². The van der Waals surface area contributed by atoms with Gasteiger partial charge in [0.05, 0.1) is 6.04 Å². The van der Waals surface area contributed by atoms with Crippen molar-refractivity contribution in [1.82, 2.24) is 10.3 Å². The minimum Gasteiger partial charge on any atom is -0.345 e. The summed E-state index contributed by atoms with van der Waals surface area (Å²) in [7, 11) is 0. The van der Waals surface area contributed by atoms with Crippen LogP contribution in [-0.4, -0.2) is 23.5 Å². The summed E-state index contributed by atoms with van der Waals surface area (Å²) in [4.78, 5) is 31.6. The lowest BCUT2D eigenvalue weighted by Crippen LogP contribution is -2.33. The van der Waals surface area contributed by atoms with Crippen molar-refractivity contribution >= 4 is 23.3 Å². The molecular formula is C24H24N4O2.